The van der Waals surface area contributed by atoms with Crippen molar-refractivity contribution in [1.82, 2.24) is 0 Å². The summed E-state index contributed by atoms with van der Waals surface area (Å²) in [5.74, 6) is 0.107. The molecule has 0 spiro atoms. The van der Waals surface area contributed by atoms with E-state index in [9.17, 15) is 9.59 Å². The predicted octanol–water partition coefficient (Wildman–Crippen LogP) is 1.80. The first-order valence-electron chi connectivity index (χ1n) is 6.01. The molecule has 0 radical (unpaired) electrons. The Labute approximate surface area is 110 Å². The van der Waals surface area contributed by atoms with Crippen molar-refractivity contribution in [3.8, 4) is 5.75 Å². The number of Topliss-reactive ketones (excluding diaryl/α,β-unsaturated/α-hetero) is 1. The number of esters is 1. The van der Waals surface area contributed by atoms with Crippen molar-refractivity contribution in [3.05, 3.63) is 53.3 Å². The lowest BCUT2D eigenvalue weighted by molar-refractivity contribution is -0.138. The molecule has 4 nitrogen and oxygen atoms in total. The first-order valence-corrected chi connectivity index (χ1v) is 6.01. The van der Waals surface area contributed by atoms with E-state index in [2.05, 4.69) is 4.74 Å². The Hall–Kier alpha value is -2.36. The van der Waals surface area contributed by atoms with Gasteiger partial charge in [0.1, 0.15) is 17.1 Å². The third-order valence-corrected chi connectivity index (χ3v) is 3.37. The number of carbonyl (C=O) groups is 2. The van der Waals surface area contributed by atoms with Gasteiger partial charge in [-0.3, -0.25) is 4.79 Å². The highest BCUT2D eigenvalue weighted by atomic mass is 16.5. The van der Waals surface area contributed by atoms with Crippen LogP contribution >= 0.6 is 0 Å². The molecule has 0 amide bonds. The van der Waals surface area contributed by atoms with Crippen LogP contribution in [0.5, 0.6) is 5.75 Å². The summed E-state index contributed by atoms with van der Waals surface area (Å²) in [6.45, 7) is 0. The summed E-state index contributed by atoms with van der Waals surface area (Å²) in [5.41, 5.74) is 1.06. The van der Waals surface area contributed by atoms with Gasteiger partial charge in [0.25, 0.3) is 0 Å². The second kappa shape index (κ2) is 4.39. The predicted molar refractivity (Wildman–Crippen MR) is 67.5 cm³/mol. The van der Waals surface area contributed by atoms with Crippen LogP contribution in [-0.4, -0.2) is 18.9 Å². The van der Waals surface area contributed by atoms with Crippen molar-refractivity contribution in [2.75, 3.05) is 7.11 Å². The molecule has 0 aromatic heterocycles. The number of para-hydroxylation sites is 1. The van der Waals surface area contributed by atoms with E-state index in [1.54, 1.807) is 6.08 Å². The summed E-state index contributed by atoms with van der Waals surface area (Å²) < 4.78 is 10.3. The van der Waals surface area contributed by atoms with Crippen molar-refractivity contribution in [3.63, 3.8) is 0 Å². The lowest BCUT2D eigenvalue weighted by atomic mass is 9.84. The van der Waals surface area contributed by atoms with Crippen LogP contribution < -0.4 is 4.74 Å². The Bertz CT molecular complexity index is 625. The third kappa shape index (κ3) is 1.85. The molecular formula is C15H12O4. The van der Waals surface area contributed by atoms with Gasteiger partial charge in [0.05, 0.1) is 13.0 Å². The molecule has 0 saturated carbocycles. The summed E-state index contributed by atoms with van der Waals surface area (Å²) in [6.07, 6.45) is 3.69. The second-order valence-corrected chi connectivity index (χ2v) is 4.47. The third-order valence-electron chi connectivity index (χ3n) is 3.37. The lowest BCUT2D eigenvalue weighted by Crippen LogP contribution is -2.32. The fraction of sp³-hybridized carbons (Fsp3) is 0.200. The van der Waals surface area contributed by atoms with Crippen molar-refractivity contribution >= 4 is 11.8 Å². The standard InChI is InChI=1S/C15H12O4/c1-18-15(17)10-6-7-13-11(14(10)16)8-9-4-2-3-5-12(9)19-13/h2-7,11H,8H2,1H3. The molecular weight excluding hydrogens is 244 g/mol. The maximum Gasteiger partial charge on any atom is 0.341 e. The minimum atomic E-state index is -0.598. The van der Waals surface area contributed by atoms with Crippen molar-refractivity contribution in [2.45, 2.75) is 6.42 Å². The molecule has 0 N–H and O–H groups in total. The van der Waals surface area contributed by atoms with Gasteiger partial charge in [-0.1, -0.05) is 18.2 Å². The molecule has 3 rings (SSSR count). The number of carbonyl (C=O) groups excluding carboxylic acids is 2. The quantitative estimate of drug-likeness (QED) is 0.568. The molecule has 2 aliphatic rings. The van der Waals surface area contributed by atoms with Crippen LogP contribution in [0, 0.1) is 5.92 Å². The lowest BCUT2D eigenvalue weighted by Gasteiger charge is -2.28. The van der Waals surface area contributed by atoms with E-state index in [1.807, 2.05) is 24.3 Å². The number of ether oxygens (including phenoxy) is 2. The Kier molecular flexibility index (Phi) is 2.71. The molecule has 4 heteroatoms. The van der Waals surface area contributed by atoms with Crippen molar-refractivity contribution in [2.24, 2.45) is 5.92 Å². The van der Waals surface area contributed by atoms with Crippen LogP contribution in [0.15, 0.2) is 47.7 Å². The van der Waals surface area contributed by atoms with Crippen LogP contribution in [0.3, 0.4) is 0 Å². The van der Waals surface area contributed by atoms with E-state index < -0.39 is 11.9 Å². The van der Waals surface area contributed by atoms with Crippen LogP contribution in [0.1, 0.15) is 5.56 Å². The van der Waals surface area contributed by atoms with Gasteiger partial charge < -0.3 is 9.47 Å². The van der Waals surface area contributed by atoms with E-state index in [0.29, 0.717) is 12.2 Å². The highest BCUT2D eigenvalue weighted by molar-refractivity contribution is 6.19. The SMILES string of the molecule is COC(=O)C1=CC=C2Oc3ccccc3CC2C1=O. The summed E-state index contributed by atoms with van der Waals surface area (Å²) in [4.78, 5) is 23.8. The van der Waals surface area contributed by atoms with Crippen molar-refractivity contribution in [1.29, 1.82) is 0 Å². The van der Waals surface area contributed by atoms with Gasteiger partial charge in [0.15, 0.2) is 5.78 Å². The summed E-state index contributed by atoms with van der Waals surface area (Å²) in [5, 5.41) is 0. The zero-order valence-electron chi connectivity index (χ0n) is 10.4. The Morgan fingerprint density at radius 2 is 2.11 bits per heavy atom. The molecule has 0 fully saturated rings. The van der Waals surface area contributed by atoms with Gasteiger partial charge in [0, 0.05) is 0 Å². The Balaban J connectivity index is 1.98. The van der Waals surface area contributed by atoms with Crippen LogP contribution in [-0.2, 0) is 20.7 Å². The summed E-state index contributed by atoms with van der Waals surface area (Å²) >= 11 is 0. The maximum atomic E-state index is 12.3. The maximum absolute atomic E-state index is 12.3. The molecule has 1 unspecified atom stereocenters. The normalized spacial score (nSPS) is 20.5. The van der Waals surface area contributed by atoms with Crippen molar-refractivity contribution < 1.29 is 19.1 Å². The molecule has 1 atom stereocenters. The Morgan fingerprint density at radius 3 is 2.89 bits per heavy atom. The minimum absolute atomic E-state index is 0.0826. The zero-order chi connectivity index (χ0) is 13.4. The first kappa shape index (κ1) is 11.7. The number of fused-ring (bicyclic) bond motifs is 2. The van der Waals surface area contributed by atoms with Gasteiger partial charge in [-0.05, 0) is 30.2 Å². The second-order valence-electron chi connectivity index (χ2n) is 4.47. The molecule has 19 heavy (non-hydrogen) atoms. The van der Waals surface area contributed by atoms with E-state index in [1.165, 1.54) is 13.2 Å². The van der Waals surface area contributed by atoms with Gasteiger partial charge >= 0.3 is 5.97 Å². The fourth-order valence-electron chi connectivity index (χ4n) is 2.38. The average Bonchev–Trinajstić information content (AvgIpc) is 2.45. The average molecular weight is 256 g/mol. The smallest absolute Gasteiger partial charge is 0.341 e. The summed E-state index contributed by atoms with van der Waals surface area (Å²) in [7, 11) is 1.27. The van der Waals surface area contributed by atoms with Gasteiger partial charge in [-0.25, -0.2) is 4.79 Å². The van der Waals surface area contributed by atoms with E-state index in [-0.39, 0.29) is 11.4 Å². The van der Waals surface area contributed by atoms with Crippen LogP contribution in [0.2, 0.25) is 0 Å². The topological polar surface area (TPSA) is 52.6 Å². The minimum Gasteiger partial charge on any atom is -0.465 e. The van der Waals surface area contributed by atoms with Gasteiger partial charge in [0.2, 0.25) is 0 Å². The largest absolute Gasteiger partial charge is 0.465 e. The highest BCUT2D eigenvalue weighted by Gasteiger charge is 2.36. The van der Waals surface area contributed by atoms with Crippen LogP contribution in [0.25, 0.3) is 0 Å². The molecule has 96 valence electrons. The molecule has 0 saturated heterocycles. The zero-order valence-corrected chi connectivity index (χ0v) is 10.4. The number of hydrogen-bond acceptors (Lipinski definition) is 4. The number of ketones is 1. The highest BCUT2D eigenvalue weighted by Crippen LogP contribution is 2.36. The number of benzene rings is 1. The monoisotopic (exact) mass is 256 g/mol. The number of methoxy groups -OCH3 is 1. The van der Waals surface area contributed by atoms with E-state index in [4.69, 9.17) is 4.74 Å². The molecule has 1 aliphatic heterocycles. The molecule has 1 heterocycles. The fourth-order valence-corrected chi connectivity index (χ4v) is 2.38. The number of allylic oxidation sites excluding steroid dienone is 3. The van der Waals surface area contributed by atoms with Crippen LogP contribution in [0.4, 0.5) is 0 Å². The van der Waals surface area contributed by atoms with Gasteiger partial charge in [-0.15, -0.1) is 0 Å². The van der Waals surface area contributed by atoms with Gasteiger partial charge in [-0.2, -0.15) is 0 Å². The van der Waals surface area contributed by atoms with E-state index >= 15 is 0 Å². The Morgan fingerprint density at radius 1 is 1.32 bits per heavy atom. The number of rotatable bonds is 1. The summed E-state index contributed by atoms with van der Waals surface area (Å²) in [6, 6.07) is 7.59. The molecule has 0 bridgehead atoms. The molecule has 1 aromatic rings. The molecule has 1 aromatic carbocycles. The first-order chi connectivity index (χ1) is 9.20. The molecule has 1 aliphatic carbocycles. The van der Waals surface area contributed by atoms with E-state index in [0.717, 1.165) is 11.3 Å². The number of hydrogen-bond donors (Lipinski definition) is 0.